The largest absolute Gasteiger partial charge is 0.523 e. The lowest BCUT2D eigenvalue weighted by Crippen LogP contribution is -2.41. The summed E-state index contributed by atoms with van der Waals surface area (Å²) in [5.41, 5.74) is -0.630. The minimum Gasteiger partial charge on any atom is -0.466 e. The van der Waals surface area contributed by atoms with Gasteiger partial charge in [-0.2, -0.15) is 41.2 Å². The molecule has 20 nitrogen and oxygen atoms in total. The molecule has 2 aromatic heterocycles. The van der Waals surface area contributed by atoms with E-state index >= 15 is 0 Å². The van der Waals surface area contributed by atoms with Crippen LogP contribution >= 0.6 is 45.8 Å². The van der Waals surface area contributed by atoms with E-state index in [1.54, 1.807) is 95.3 Å². The summed E-state index contributed by atoms with van der Waals surface area (Å²) in [4.78, 5) is 83.2. The van der Waals surface area contributed by atoms with Gasteiger partial charge in [0.25, 0.3) is 11.8 Å². The number of allylic oxidation sites excluding steroid dienone is 4. The second-order valence-corrected chi connectivity index (χ2v) is 29.4. The first kappa shape index (κ1) is 83.3. The fourth-order valence-electron chi connectivity index (χ4n) is 12.1. The Morgan fingerprint density at radius 1 is 0.583 bits per heavy atom. The highest BCUT2D eigenvalue weighted by atomic mass is 127. The minimum atomic E-state index is -5.56. The van der Waals surface area contributed by atoms with Crippen LogP contribution in [0.3, 0.4) is 0 Å². The monoisotopic (exact) mass is 1610 g/mol. The Bertz CT molecular complexity index is 4200. The molecule has 1 saturated heterocycles. The van der Waals surface area contributed by atoms with Crippen molar-refractivity contribution in [1.29, 1.82) is 0 Å². The van der Waals surface area contributed by atoms with Crippen LogP contribution in [-0.2, 0) is 66.5 Å². The average Bonchev–Trinajstić information content (AvgIpc) is 1.70. The number of nitrogens with zero attached hydrogens (tertiary/aromatic N) is 4. The van der Waals surface area contributed by atoms with Gasteiger partial charge in [-0.1, -0.05) is 71.8 Å². The van der Waals surface area contributed by atoms with Crippen LogP contribution in [-0.4, -0.2) is 126 Å². The Morgan fingerprint density at radius 2 is 0.990 bits per heavy atom. The van der Waals surface area contributed by atoms with Crippen molar-refractivity contribution in [2.45, 2.75) is 182 Å². The maximum absolute atomic E-state index is 14.9. The normalized spacial score (nSPS) is 19.5. The Labute approximate surface area is 619 Å². The summed E-state index contributed by atoms with van der Waals surface area (Å²) in [7, 11) is -5.84. The minimum absolute atomic E-state index is 0.0128. The smallest absolute Gasteiger partial charge is 0.466 e. The maximum atomic E-state index is 14.9. The molecule has 2 saturated carbocycles. The van der Waals surface area contributed by atoms with Crippen molar-refractivity contribution >= 4 is 132 Å². The fourth-order valence-corrected chi connectivity index (χ4v) is 14.2. The van der Waals surface area contributed by atoms with Gasteiger partial charge in [-0.05, 0) is 227 Å². The van der Waals surface area contributed by atoms with Gasteiger partial charge in [0.05, 0.1) is 116 Å². The van der Waals surface area contributed by atoms with Crippen LogP contribution in [0.25, 0.3) is 27.4 Å². The van der Waals surface area contributed by atoms with Gasteiger partial charge in [-0.3, -0.25) is 37.7 Å². The summed E-state index contributed by atoms with van der Waals surface area (Å²) in [6.07, 6.45) is 10.1. The molecule has 11 rings (SSSR count). The van der Waals surface area contributed by atoms with Gasteiger partial charge in [0.1, 0.15) is 21.1 Å². The van der Waals surface area contributed by atoms with E-state index in [1.165, 1.54) is 21.5 Å². The third kappa shape index (κ3) is 21.0. The number of hydrogen-bond donors (Lipinski definition) is 0. The Balaban J connectivity index is 0.000000186. The molecule has 30 heteroatoms. The van der Waals surface area contributed by atoms with Crippen LogP contribution < -0.4 is 0 Å². The number of hydrogen-bond acceptors (Lipinski definition) is 18. The van der Waals surface area contributed by atoms with Crippen molar-refractivity contribution in [2.24, 2.45) is 23.7 Å². The average molecular weight is 1610 g/mol. The van der Waals surface area contributed by atoms with Crippen LogP contribution in [0.4, 0.5) is 22.0 Å². The molecule has 0 radical (unpaired) electrons. The summed E-state index contributed by atoms with van der Waals surface area (Å²) < 4.78 is 126. The van der Waals surface area contributed by atoms with Crippen molar-refractivity contribution in [3.63, 3.8) is 0 Å². The summed E-state index contributed by atoms with van der Waals surface area (Å²) in [6.45, 7) is 20.3. The van der Waals surface area contributed by atoms with Gasteiger partial charge in [-0.15, -0.1) is 0 Å². The molecule has 3 fully saturated rings. The zero-order valence-corrected chi connectivity index (χ0v) is 63.5. The Kier molecular flexibility index (Phi) is 29.8. The van der Waals surface area contributed by atoms with Crippen molar-refractivity contribution in [3.8, 4) is 0 Å². The number of carbonyl (C=O) groups excluding carboxylic acids is 7. The molecule has 0 spiro atoms. The molecule has 2 atom stereocenters. The topological polar surface area (TPSA) is 254 Å². The van der Waals surface area contributed by atoms with Crippen LogP contribution in [0.1, 0.15) is 183 Å². The van der Waals surface area contributed by atoms with Gasteiger partial charge in [0.15, 0.2) is 0 Å². The standard InChI is InChI=1S/C24H22ClFN2O3.C15H25BO4.C15H9ClFIN2O.C10H15F3O5S.C9H14O3/c1-3-31-24(30)16-12-10-15(11-13-16)22-21-18(26)8-5-9-19(21)28(27-22)23(29)20-14(2)6-4-7-17(20)25;1-6-18-13(17)11-7-9-12(10-8-11)16-19-14(2,3)15(4,5)20-16;1-8-4-2-5-9(16)12(8)15(21)20-11-7-3-6-10(17)13(11)14(18)19-20;1-2-17-9(14)7-3-5-8(6-4-7)18-19(15,16)10(11,12)13;1-2-12-9(11)7-3-5-8(10)6-4-7/h4-10,16H,3,11-13H2,1-2H3;9,11H,6-8,10H2,1-5H3;2-7H,1H3;7-8H,2-6H2,1H3;7H,2-6H2,1H3. The SMILES string of the molecule is CCOC(=O)C1CC=C(B2OC(C)(C)C(C)(C)O2)CC1.CCOC(=O)C1CC=C(c2nn(C(=O)c3c(C)cccc3Cl)c3cccc(F)c23)CC1.CCOC(=O)C1CCC(=O)CC1.CCOC(=O)C1CCC(OS(=O)(=O)C(F)(F)F)CC1.Cc1cccc(Cl)c1C(=O)n1nc(I)c2c(F)cccc21. The number of esters is 4. The summed E-state index contributed by atoms with van der Waals surface area (Å²) in [6, 6.07) is 19.6. The Morgan fingerprint density at radius 3 is 1.42 bits per heavy atom. The van der Waals surface area contributed by atoms with E-state index in [0.717, 1.165) is 35.9 Å². The van der Waals surface area contributed by atoms with Gasteiger partial charge in [0.2, 0.25) is 0 Å². The molecule has 0 bridgehead atoms. The maximum Gasteiger partial charge on any atom is 0.523 e. The van der Waals surface area contributed by atoms with Crippen molar-refractivity contribution in [1.82, 2.24) is 19.6 Å². The number of Topliss-reactive ketones (excluding diaryl/α,β-unsaturated/α-hetero) is 1. The molecule has 103 heavy (non-hydrogen) atoms. The Hall–Kier alpha value is -6.96. The number of aryl methyl sites for hydroxylation is 2. The first-order valence-electron chi connectivity index (χ1n) is 34.1. The second kappa shape index (κ2) is 36.8. The second-order valence-electron chi connectivity index (χ2n) is 26.0. The lowest BCUT2D eigenvalue weighted by molar-refractivity contribution is -0.150. The zero-order valence-electron chi connectivity index (χ0n) is 59.0. The first-order chi connectivity index (χ1) is 48.6. The molecule has 0 N–H and O–H groups in total. The van der Waals surface area contributed by atoms with Crippen LogP contribution in [0.5, 0.6) is 0 Å². The van der Waals surface area contributed by atoms with Crippen LogP contribution in [0.15, 0.2) is 90.4 Å². The van der Waals surface area contributed by atoms with E-state index in [0.29, 0.717) is 123 Å². The van der Waals surface area contributed by atoms with E-state index in [9.17, 15) is 63.9 Å². The number of carbonyl (C=O) groups is 7. The highest BCUT2D eigenvalue weighted by Crippen LogP contribution is 2.42. The predicted octanol–water partition coefficient (Wildman–Crippen LogP) is 16.2. The number of benzene rings is 4. The number of ketones is 1. The van der Waals surface area contributed by atoms with Gasteiger partial charge < -0.3 is 28.3 Å². The van der Waals surface area contributed by atoms with E-state index in [-0.39, 0.29) is 98.0 Å². The number of ether oxygens (including phenoxy) is 4. The molecule has 2 unspecified atom stereocenters. The van der Waals surface area contributed by atoms with Gasteiger partial charge >= 0.3 is 46.6 Å². The van der Waals surface area contributed by atoms with E-state index < -0.39 is 51.2 Å². The molecule has 3 heterocycles. The highest BCUT2D eigenvalue weighted by Gasteiger charge is 2.53. The molecule has 6 aromatic rings. The van der Waals surface area contributed by atoms with Crippen molar-refractivity contribution in [2.75, 3.05) is 26.4 Å². The van der Waals surface area contributed by atoms with Gasteiger partial charge in [0, 0.05) is 12.8 Å². The molecular weight excluding hydrogens is 1520 g/mol. The number of rotatable bonds is 14. The van der Waals surface area contributed by atoms with E-state index in [1.807, 2.05) is 35.6 Å². The van der Waals surface area contributed by atoms with E-state index in [4.69, 9.17) is 51.5 Å². The van der Waals surface area contributed by atoms with Gasteiger partial charge in [-0.25, -0.2) is 8.78 Å². The predicted molar refractivity (Wildman–Crippen MR) is 386 cm³/mol. The summed E-state index contributed by atoms with van der Waals surface area (Å²) in [5, 5.41) is 10.0. The lowest BCUT2D eigenvalue weighted by atomic mass is 9.70. The first-order valence-corrected chi connectivity index (χ1v) is 37.4. The van der Waals surface area contributed by atoms with E-state index in [2.05, 4.69) is 48.2 Å². The number of halogens is 8. The molecule has 4 aromatic carbocycles. The van der Waals surface area contributed by atoms with Crippen LogP contribution in [0, 0.1) is 52.9 Å². The summed E-state index contributed by atoms with van der Waals surface area (Å²) in [5.74, 6) is -2.84. The zero-order chi connectivity index (χ0) is 75.9. The molecule has 4 aliphatic carbocycles. The molecule has 0 amide bonds. The number of alkyl halides is 3. The van der Waals surface area contributed by atoms with Crippen molar-refractivity contribution < 1.29 is 96.4 Å². The third-order valence-electron chi connectivity index (χ3n) is 18.5. The summed E-state index contributed by atoms with van der Waals surface area (Å²) >= 11 is 14.3. The fraction of sp³-hybridized carbons (Fsp3) is 0.493. The third-order valence-corrected chi connectivity index (χ3v) is 21.0. The molecular formula is C73H85BCl2F5IN4O16S. The molecule has 558 valence electrons. The highest BCUT2D eigenvalue weighted by molar-refractivity contribution is 14.1. The molecule has 5 aliphatic rings. The quantitative estimate of drug-likeness (QED) is 0.0187. The lowest BCUT2D eigenvalue weighted by Gasteiger charge is -2.32. The molecule has 1 aliphatic heterocycles. The van der Waals surface area contributed by atoms with Crippen molar-refractivity contribution in [3.05, 3.63) is 144 Å². The number of aromatic nitrogens is 4. The number of fused-ring (bicyclic) bond motifs is 2. The van der Waals surface area contributed by atoms with Crippen LogP contribution in [0.2, 0.25) is 10.0 Å².